The van der Waals surface area contributed by atoms with E-state index in [1.54, 1.807) is 6.07 Å². The van der Waals surface area contributed by atoms with E-state index in [0.717, 1.165) is 16.9 Å². The maximum Gasteiger partial charge on any atom is 0.226 e. The third kappa shape index (κ3) is 6.34. The lowest BCUT2D eigenvalue weighted by Gasteiger charge is -2.17. The molecule has 0 bridgehead atoms. The zero-order valence-corrected chi connectivity index (χ0v) is 17.9. The number of amides is 1. The van der Waals surface area contributed by atoms with E-state index in [4.69, 9.17) is 21.1 Å². The Labute approximate surface area is 172 Å². The smallest absolute Gasteiger partial charge is 0.226 e. The van der Waals surface area contributed by atoms with E-state index in [2.05, 4.69) is 10.6 Å². The quantitative estimate of drug-likeness (QED) is 0.560. The molecule has 0 aliphatic heterocycles. The Hall–Kier alpha value is -2.40. The van der Waals surface area contributed by atoms with Crippen LogP contribution in [-0.4, -0.2) is 18.6 Å². The van der Waals surface area contributed by atoms with Gasteiger partial charge in [-0.15, -0.1) is 0 Å². The number of hydrogen-bond donors (Lipinski definition) is 2. The summed E-state index contributed by atoms with van der Waals surface area (Å²) in [5, 5.41) is 6.84. The van der Waals surface area contributed by atoms with Crippen LogP contribution < -0.4 is 20.1 Å². The molecule has 0 fully saturated rings. The molecule has 0 unspecified atom stereocenters. The molecule has 2 N–H and O–H groups in total. The lowest BCUT2D eigenvalue weighted by Crippen LogP contribution is -2.17. The summed E-state index contributed by atoms with van der Waals surface area (Å²) in [5.41, 5.74) is 2.62. The monoisotopic (exact) mass is 404 g/mol. The highest BCUT2D eigenvalue weighted by Gasteiger charge is 2.13. The van der Waals surface area contributed by atoms with Gasteiger partial charge in [0, 0.05) is 34.9 Å². The Morgan fingerprint density at radius 2 is 1.68 bits per heavy atom. The third-order valence-corrected chi connectivity index (χ3v) is 4.29. The summed E-state index contributed by atoms with van der Waals surface area (Å²) < 4.78 is 11.5. The predicted octanol–water partition coefficient (Wildman–Crippen LogP) is 5.73. The van der Waals surface area contributed by atoms with Crippen molar-refractivity contribution >= 4 is 28.9 Å². The zero-order valence-electron chi connectivity index (χ0n) is 17.1. The minimum atomic E-state index is -0.0536. The van der Waals surface area contributed by atoms with Crippen molar-refractivity contribution in [3.63, 3.8) is 0 Å². The fraction of sp³-hybridized carbons (Fsp3) is 0.409. The van der Waals surface area contributed by atoms with Crippen LogP contribution in [-0.2, 0) is 11.3 Å². The molecule has 6 heteroatoms. The fourth-order valence-electron chi connectivity index (χ4n) is 2.48. The summed E-state index contributed by atoms with van der Waals surface area (Å²) in [5.74, 6) is 1.28. The zero-order chi connectivity index (χ0) is 20.7. The van der Waals surface area contributed by atoms with Crippen LogP contribution >= 0.6 is 11.6 Å². The second kappa shape index (κ2) is 10.2. The van der Waals surface area contributed by atoms with Gasteiger partial charge in [-0.1, -0.05) is 25.4 Å². The Balaban J connectivity index is 2.07. The topological polar surface area (TPSA) is 59.6 Å². The van der Waals surface area contributed by atoms with Crippen LogP contribution in [0.5, 0.6) is 11.5 Å². The first-order chi connectivity index (χ1) is 13.3. The SMILES string of the molecule is CCOc1cc(CNc2ccc(NC(=O)C(C)C)cc2)c(Cl)cc1OC(C)C. The molecule has 152 valence electrons. The number of rotatable bonds is 9. The average Bonchev–Trinajstić information content (AvgIpc) is 2.63. The van der Waals surface area contributed by atoms with E-state index in [1.807, 2.05) is 65.0 Å². The van der Waals surface area contributed by atoms with E-state index >= 15 is 0 Å². The standard InChI is InChI=1S/C22H29ClN2O3/c1-6-27-20-11-16(19(23)12-21(20)28-15(4)5)13-24-17-7-9-18(10-8-17)25-22(26)14(2)3/h7-12,14-15,24H,6,13H2,1-5H3,(H,25,26). The molecule has 0 aliphatic rings. The lowest BCUT2D eigenvalue weighted by atomic mass is 10.1. The van der Waals surface area contributed by atoms with Crippen LogP contribution in [0.4, 0.5) is 11.4 Å². The maximum absolute atomic E-state index is 11.8. The second-order valence-corrected chi connectivity index (χ2v) is 7.47. The highest BCUT2D eigenvalue weighted by Crippen LogP contribution is 2.34. The van der Waals surface area contributed by atoms with Gasteiger partial charge >= 0.3 is 0 Å². The maximum atomic E-state index is 11.8. The number of ether oxygens (including phenoxy) is 2. The predicted molar refractivity (Wildman–Crippen MR) is 116 cm³/mol. The number of nitrogens with one attached hydrogen (secondary N) is 2. The molecule has 0 aromatic heterocycles. The molecule has 0 spiro atoms. The molecule has 2 rings (SSSR count). The number of hydrogen-bond acceptors (Lipinski definition) is 4. The molecule has 1 amide bonds. The molecule has 0 heterocycles. The summed E-state index contributed by atoms with van der Waals surface area (Å²) in [4.78, 5) is 11.8. The van der Waals surface area contributed by atoms with Crippen molar-refractivity contribution in [2.24, 2.45) is 5.92 Å². The molecule has 0 atom stereocenters. The molecular formula is C22H29ClN2O3. The van der Waals surface area contributed by atoms with Crippen molar-refractivity contribution in [2.75, 3.05) is 17.2 Å². The van der Waals surface area contributed by atoms with Crippen molar-refractivity contribution in [3.8, 4) is 11.5 Å². The molecule has 0 saturated carbocycles. The molecule has 0 aliphatic carbocycles. The summed E-state index contributed by atoms with van der Waals surface area (Å²) in [6.07, 6.45) is 0.0361. The van der Waals surface area contributed by atoms with Gasteiger partial charge in [0.1, 0.15) is 0 Å². The molecule has 28 heavy (non-hydrogen) atoms. The number of benzene rings is 2. The molecule has 2 aromatic carbocycles. The van der Waals surface area contributed by atoms with E-state index in [9.17, 15) is 4.79 Å². The van der Waals surface area contributed by atoms with Gasteiger partial charge in [0.2, 0.25) is 5.91 Å². The van der Waals surface area contributed by atoms with Gasteiger partial charge in [-0.2, -0.15) is 0 Å². The van der Waals surface area contributed by atoms with Gasteiger partial charge in [0.25, 0.3) is 0 Å². The summed E-state index contributed by atoms with van der Waals surface area (Å²) >= 11 is 6.44. The highest BCUT2D eigenvalue weighted by molar-refractivity contribution is 6.31. The molecule has 2 aromatic rings. The first-order valence-electron chi connectivity index (χ1n) is 9.56. The van der Waals surface area contributed by atoms with Crippen LogP contribution in [0.2, 0.25) is 5.02 Å². The van der Waals surface area contributed by atoms with E-state index in [1.165, 1.54) is 0 Å². The van der Waals surface area contributed by atoms with Crippen LogP contribution in [0.1, 0.15) is 40.2 Å². The lowest BCUT2D eigenvalue weighted by molar-refractivity contribution is -0.118. The molecule has 0 saturated heterocycles. The van der Waals surface area contributed by atoms with Crippen molar-refractivity contribution in [1.29, 1.82) is 0 Å². The average molecular weight is 405 g/mol. The Morgan fingerprint density at radius 1 is 1.04 bits per heavy atom. The Morgan fingerprint density at radius 3 is 2.25 bits per heavy atom. The summed E-state index contributed by atoms with van der Waals surface area (Å²) in [7, 11) is 0. The largest absolute Gasteiger partial charge is 0.490 e. The van der Waals surface area contributed by atoms with Crippen LogP contribution in [0.15, 0.2) is 36.4 Å². The van der Waals surface area contributed by atoms with Crippen molar-refractivity contribution in [3.05, 3.63) is 47.0 Å². The van der Waals surface area contributed by atoms with Crippen LogP contribution in [0, 0.1) is 5.92 Å². The third-order valence-electron chi connectivity index (χ3n) is 3.94. The second-order valence-electron chi connectivity index (χ2n) is 7.06. The van der Waals surface area contributed by atoms with Crippen molar-refractivity contribution in [1.82, 2.24) is 0 Å². The van der Waals surface area contributed by atoms with E-state index in [-0.39, 0.29) is 17.9 Å². The number of anilines is 2. The van der Waals surface area contributed by atoms with E-state index < -0.39 is 0 Å². The van der Waals surface area contributed by atoms with Gasteiger partial charge in [-0.05, 0) is 56.7 Å². The van der Waals surface area contributed by atoms with Gasteiger partial charge in [-0.3, -0.25) is 4.79 Å². The van der Waals surface area contributed by atoms with Gasteiger partial charge in [0.15, 0.2) is 11.5 Å². The minimum absolute atomic E-state index is 0.000323. The van der Waals surface area contributed by atoms with Gasteiger partial charge in [-0.25, -0.2) is 0 Å². The van der Waals surface area contributed by atoms with Crippen molar-refractivity contribution < 1.29 is 14.3 Å². The Kier molecular flexibility index (Phi) is 8.00. The van der Waals surface area contributed by atoms with Gasteiger partial charge < -0.3 is 20.1 Å². The number of carbonyl (C=O) groups is 1. The highest BCUT2D eigenvalue weighted by atomic mass is 35.5. The normalized spacial score (nSPS) is 10.9. The minimum Gasteiger partial charge on any atom is -0.490 e. The Bertz CT molecular complexity index is 789. The summed E-state index contributed by atoms with van der Waals surface area (Å²) in [6, 6.07) is 11.3. The molecule has 5 nitrogen and oxygen atoms in total. The summed E-state index contributed by atoms with van der Waals surface area (Å²) in [6.45, 7) is 10.7. The van der Waals surface area contributed by atoms with Crippen molar-refractivity contribution in [2.45, 2.75) is 47.3 Å². The molecule has 0 radical (unpaired) electrons. The van der Waals surface area contributed by atoms with Crippen LogP contribution in [0.3, 0.4) is 0 Å². The van der Waals surface area contributed by atoms with E-state index in [0.29, 0.717) is 29.7 Å². The van der Waals surface area contributed by atoms with Gasteiger partial charge in [0.05, 0.1) is 12.7 Å². The fourth-order valence-corrected chi connectivity index (χ4v) is 2.70. The number of carbonyl (C=O) groups excluding carboxylic acids is 1. The molecular weight excluding hydrogens is 376 g/mol. The van der Waals surface area contributed by atoms with Crippen LogP contribution in [0.25, 0.3) is 0 Å². The number of halogens is 1. The first kappa shape index (κ1) is 21.9. The first-order valence-corrected chi connectivity index (χ1v) is 9.94.